The molecule has 5 nitrogen and oxygen atoms in total. The zero-order valence-electron chi connectivity index (χ0n) is 13.2. The zero-order chi connectivity index (χ0) is 16.8. The van der Waals surface area contributed by atoms with Crippen LogP contribution in [0.5, 0.6) is 5.75 Å². The minimum Gasteiger partial charge on any atom is -0.495 e. The van der Waals surface area contributed by atoms with E-state index in [1.807, 2.05) is 6.08 Å². The molecule has 1 amide bonds. The number of ether oxygens (including phenoxy) is 2. The van der Waals surface area contributed by atoms with Crippen molar-refractivity contribution in [3.05, 3.63) is 35.4 Å². The van der Waals surface area contributed by atoms with Crippen LogP contribution in [0.25, 0.3) is 0 Å². The fourth-order valence-corrected chi connectivity index (χ4v) is 2.62. The van der Waals surface area contributed by atoms with Crippen molar-refractivity contribution in [1.82, 2.24) is 0 Å². The van der Waals surface area contributed by atoms with Crippen LogP contribution in [0.15, 0.2) is 30.4 Å². The molecule has 0 saturated carbocycles. The summed E-state index contributed by atoms with van der Waals surface area (Å²) >= 11 is 6.00. The predicted molar refractivity (Wildman–Crippen MR) is 88.7 cm³/mol. The number of methoxy groups -OCH3 is 1. The zero-order valence-corrected chi connectivity index (χ0v) is 13.9. The minimum atomic E-state index is -0.867. The first-order valence-electron chi connectivity index (χ1n) is 7.50. The summed E-state index contributed by atoms with van der Waals surface area (Å²) in [7, 11) is 1.51. The fourth-order valence-electron chi connectivity index (χ4n) is 2.37. The SMILES string of the molecule is COc1ccc(NC(=O)[C@@H](C)OC(=O)C[C@@H]2C=CCC2)cc1Cl. The molecule has 23 heavy (non-hydrogen) atoms. The number of benzene rings is 1. The van der Waals surface area contributed by atoms with Gasteiger partial charge in [0.1, 0.15) is 5.75 Å². The summed E-state index contributed by atoms with van der Waals surface area (Å²) in [6.45, 7) is 1.54. The second kappa shape index (κ2) is 8.02. The Kier molecular flexibility index (Phi) is 6.04. The lowest BCUT2D eigenvalue weighted by atomic mass is 10.1. The summed E-state index contributed by atoms with van der Waals surface area (Å²) in [4.78, 5) is 23.9. The number of anilines is 1. The molecule has 1 N–H and O–H groups in total. The van der Waals surface area contributed by atoms with Gasteiger partial charge in [-0.15, -0.1) is 0 Å². The highest BCUT2D eigenvalue weighted by Gasteiger charge is 2.21. The maximum Gasteiger partial charge on any atom is 0.307 e. The van der Waals surface area contributed by atoms with Gasteiger partial charge in [0, 0.05) is 5.69 Å². The van der Waals surface area contributed by atoms with Crippen molar-refractivity contribution < 1.29 is 19.1 Å². The lowest BCUT2D eigenvalue weighted by Crippen LogP contribution is -2.30. The molecule has 1 aromatic rings. The van der Waals surface area contributed by atoms with E-state index in [1.165, 1.54) is 7.11 Å². The first-order valence-corrected chi connectivity index (χ1v) is 7.88. The summed E-state index contributed by atoms with van der Waals surface area (Å²) in [5.74, 6) is -0.0228. The molecule has 0 bridgehead atoms. The molecule has 0 heterocycles. The molecule has 2 rings (SSSR count). The third kappa shape index (κ3) is 4.99. The number of halogens is 1. The third-order valence-corrected chi connectivity index (χ3v) is 3.93. The molecule has 124 valence electrons. The van der Waals surface area contributed by atoms with E-state index in [-0.39, 0.29) is 11.9 Å². The Bertz CT molecular complexity index is 615. The third-order valence-electron chi connectivity index (χ3n) is 3.64. The van der Waals surface area contributed by atoms with Crippen LogP contribution in [-0.4, -0.2) is 25.1 Å². The van der Waals surface area contributed by atoms with Gasteiger partial charge in [0.25, 0.3) is 5.91 Å². The van der Waals surface area contributed by atoms with E-state index in [0.717, 1.165) is 12.8 Å². The molecule has 0 aromatic heterocycles. The van der Waals surface area contributed by atoms with E-state index in [1.54, 1.807) is 25.1 Å². The van der Waals surface area contributed by atoms with Crippen molar-refractivity contribution in [2.75, 3.05) is 12.4 Å². The second-order valence-corrected chi connectivity index (χ2v) is 5.85. The van der Waals surface area contributed by atoms with Crippen LogP contribution in [0.3, 0.4) is 0 Å². The predicted octanol–water partition coefficient (Wildman–Crippen LogP) is 3.58. The molecule has 0 saturated heterocycles. The molecular formula is C17H20ClNO4. The molecular weight excluding hydrogens is 318 g/mol. The molecule has 2 atom stereocenters. The average molecular weight is 338 g/mol. The van der Waals surface area contributed by atoms with Crippen molar-refractivity contribution in [3.63, 3.8) is 0 Å². The van der Waals surface area contributed by atoms with Crippen molar-refractivity contribution in [1.29, 1.82) is 0 Å². The number of nitrogens with one attached hydrogen (secondary N) is 1. The number of rotatable bonds is 6. The maximum absolute atomic E-state index is 12.1. The largest absolute Gasteiger partial charge is 0.495 e. The first-order chi connectivity index (χ1) is 11.0. The van der Waals surface area contributed by atoms with Crippen LogP contribution in [0.2, 0.25) is 5.02 Å². The Morgan fingerprint density at radius 2 is 2.22 bits per heavy atom. The number of hydrogen-bond donors (Lipinski definition) is 1. The number of carbonyl (C=O) groups excluding carboxylic acids is 2. The molecule has 1 aliphatic carbocycles. The monoisotopic (exact) mass is 337 g/mol. The molecule has 1 aromatic carbocycles. The first kappa shape index (κ1) is 17.3. The Hall–Kier alpha value is -2.01. The van der Waals surface area contributed by atoms with Gasteiger partial charge in [-0.3, -0.25) is 9.59 Å². The lowest BCUT2D eigenvalue weighted by molar-refractivity contribution is -0.153. The number of esters is 1. The summed E-state index contributed by atoms with van der Waals surface area (Å²) in [6.07, 6.45) is 5.47. The normalized spacial score (nSPS) is 17.6. The number of carbonyl (C=O) groups is 2. The highest BCUT2D eigenvalue weighted by atomic mass is 35.5. The highest BCUT2D eigenvalue weighted by Crippen LogP contribution is 2.27. The molecule has 0 unspecified atom stereocenters. The van der Waals surface area contributed by atoms with E-state index in [9.17, 15) is 9.59 Å². The van der Waals surface area contributed by atoms with Gasteiger partial charge in [0.2, 0.25) is 0 Å². The van der Waals surface area contributed by atoms with Crippen molar-refractivity contribution in [2.45, 2.75) is 32.3 Å². The van der Waals surface area contributed by atoms with Crippen molar-refractivity contribution in [3.8, 4) is 5.75 Å². The van der Waals surface area contributed by atoms with E-state index >= 15 is 0 Å². The van der Waals surface area contributed by atoms with Crippen LogP contribution in [0, 0.1) is 5.92 Å². The Balaban J connectivity index is 1.85. The molecule has 0 spiro atoms. The Labute approximate surface area is 140 Å². The van der Waals surface area contributed by atoms with E-state index in [0.29, 0.717) is 22.9 Å². The van der Waals surface area contributed by atoms with Gasteiger partial charge in [0.05, 0.1) is 18.6 Å². The van der Waals surface area contributed by atoms with Crippen LogP contribution in [-0.2, 0) is 14.3 Å². The summed E-state index contributed by atoms with van der Waals surface area (Å²) < 4.78 is 10.2. The van der Waals surface area contributed by atoms with E-state index in [2.05, 4.69) is 11.4 Å². The molecule has 0 fully saturated rings. The highest BCUT2D eigenvalue weighted by molar-refractivity contribution is 6.32. The topological polar surface area (TPSA) is 64.6 Å². The summed E-state index contributed by atoms with van der Waals surface area (Å²) in [5, 5.41) is 3.05. The van der Waals surface area contributed by atoms with Gasteiger partial charge in [0.15, 0.2) is 6.10 Å². The minimum absolute atomic E-state index is 0.221. The average Bonchev–Trinajstić information content (AvgIpc) is 3.00. The van der Waals surface area contributed by atoms with Crippen LogP contribution < -0.4 is 10.1 Å². The fraction of sp³-hybridized carbons (Fsp3) is 0.412. The molecule has 0 radical (unpaired) electrons. The van der Waals surface area contributed by atoms with E-state index < -0.39 is 12.0 Å². The number of amides is 1. The van der Waals surface area contributed by atoms with Crippen molar-refractivity contribution >= 4 is 29.2 Å². The van der Waals surface area contributed by atoms with Gasteiger partial charge in [-0.25, -0.2) is 0 Å². The van der Waals surface area contributed by atoms with Gasteiger partial charge in [-0.05, 0) is 43.9 Å². The van der Waals surface area contributed by atoms with Gasteiger partial charge >= 0.3 is 5.97 Å². The number of allylic oxidation sites excluding steroid dienone is 2. The summed E-state index contributed by atoms with van der Waals surface area (Å²) in [5.41, 5.74) is 0.516. The van der Waals surface area contributed by atoms with Gasteiger partial charge in [-0.1, -0.05) is 23.8 Å². The maximum atomic E-state index is 12.1. The molecule has 6 heteroatoms. The number of hydrogen-bond acceptors (Lipinski definition) is 4. The Morgan fingerprint density at radius 3 is 2.83 bits per heavy atom. The van der Waals surface area contributed by atoms with Gasteiger partial charge in [-0.2, -0.15) is 0 Å². The van der Waals surface area contributed by atoms with E-state index in [4.69, 9.17) is 21.1 Å². The lowest BCUT2D eigenvalue weighted by Gasteiger charge is -2.15. The van der Waals surface area contributed by atoms with Crippen LogP contribution >= 0.6 is 11.6 Å². The molecule has 0 aliphatic heterocycles. The Morgan fingerprint density at radius 1 is 1.43 bits per heavy atom. The van der Waals surface area contributed by atoms with Gasteiger partial charge < -0.3 is 14.8 Å². The van der Waals surface area contributed by atoms with Crippen LogP contribution in [0.1, 0.15) is 26.2 Å². The van der Waals surface area contributed by atoms with Crippen molar-refractivity contribution in [2.24, 2.45) is 5.92 Å². The quantitative estimate of drug-likeness (QED) is 0.636. The molecule has 1 aliphatic rings. The summed E-state index contributed by atoms with van der Waals surface area (Å²) in [6, 6.07) is 4.90. The standard InChI is InChI=1S/C17H20ClNO4/c1-11(23-16(20)9-12-5-3-4-6-12)17(21)19-13-7-8-15(22-2)14(18)10-13/h3,5,7-8,10-12H,4,6,9H2,1-2H3,(H,19,21)/t11-,12-/m1/s1. The smallest absolute Gasteiger partial charge is 0.307 e. The van der Waals surface area contributed by atoms with Crippen LogP contribution in [0.4, 0.5) is 5.69 Å². The second-order valence-electron chi connectivity index (χ2n) is 5.44.